The summed E-state index contributed by atoms with van der Waals surface area (Å²) in [5, 5.41) is 13.5. The highest BCUT2D eigenvalue weighted by Gasteiger charge is 2.24. The van der Waals surface area contributed by atoms with Crippen molar-refractivity contribution < 1.29 is 9.53 Å². The number of ether oxygens (including phenoxy) is 1. The SMILES string of the molecule is COc1cc(-n2cnnn2)c(Cl)cc1C(=O)N1CCCN(Cc2cscn2)CC1. The zero-order chi connectivity index (χ0) is 20.2. The summed E-state index contributed by atoms with van der Waals surface area (Å²) in [6, 6.07) is 3.30. The number of hydrogen-bond donors (Lipinski definition) is 0. The van der Waals surface area contributed by atoms with Gasteiger partial charge in [-0.2, -0.15) is 4.68 Å². The summed E-state index contributed by atoms with van der Waals surface area (Å²) in [5.41, 5.74) is 3.90. The van der Waals surface area contributed by atoms with Crippen LogP contribution in [0.15, 0.2) is 29.4 Å². The minimum atomic E-state index is -0.0949. The van der Waals surface area contributed by atoms with Gasteiger partial charge in [0.25, 0.3) is 5.91 Å². The largest absolute Gasteiger partial charge is 0.496 e. The van der Waals surface area contributed by atoms with Gasteiger partial charge in [-0.3, -0.25) is 9.69 Å². The van der Waals surface area contributed by atoms with Crippen molar-refractivity contribution in [3.63, 3.8) is 0 Å². The normalized spacial score (nSPS) is 15.3. The van der Waals surface area contributed by atoms with E-state index in [0.29, 0.717) is 35.1 Å². The molecule has 0 bridgehead atoms. The Morgan fingerprint density at radius 2 is 2.17 bits per heavy atom. The van der Waals surface area contributed by atoms with Gasteiger partial charge in [-0.25, -0.2) is 4.98 Å². The summed E-state index contributed by atoms with van der Waals surface area (Å²) in [4.78, 5) is 21.8. The Balaban J connectivity index is 1.51. The van der Waals surface area contributed by atoms with E-state index in [1.54, 1.807) is 23.5 Å². The van der Waals surface area contributed by atoms with Gasteiger partial charge in [0.05, 0.1) is 34.6 Å². The molecule has 4 rings (SSSR count). The van der Waals surface area contributed by atoms with Crippen LogP contribution in [0.3, 0.4) is 0 Å². The van der Waals surface area contributed by atoms with E-state index < -0.39 is 0 Å². The van der Waals surface area contributed by atoms with E-state index in [9.17, 15) is 4.79 Å². The molecule has 1 aromatic carbocycles. The highest BCUT2D eigenvalue weighted by molar-refractivity contribution is 7.07. The Morgan fingerprint density at radius 3 is 2.90 bits per heavy atom. The first kappa shape index (κ1) is 19.7. The zero-order valence-electron chi connectivity index (χ0n) is 15.9. The van der Waals surface area contributed by atoms with Crippen molar-refractivity contribution in [1.82, 2.24) is 35.0 Å². The summed E-state index contributed by atoms with van der Waals surface area (Å²) in [6.07, 6.45) is 2.34. The number of benzene rings is 1. The van der Waals surface area contributed by atoms with Gasteiger partial charge in [-0.15, -0.1) is 16.4 Å². The van der Waals surface area contributed by atoms with Crippen LogP contribution in [0, 0.1) is 0 Å². The van der Waals surface area contributed by atoms with Crippen LogP contribution in [0.4, 0.5) is 0 Å². The van der Waals surface area contributed by atoms with Crippen molar-refractivity contribution in [2.45, 2.75) is 13.0 Å². The first-order valence-electron chi connectivity index (χ1n) is 9.15. The van der Waals surface area contributed by atoms with Crippen LogP contribution >= 0.6 is 22.9 Å². The molecule has 1 aliphatic heterocycles. The van der Waals surface area contributed by atoms with Crippen LogP contribution in [0.5, 0.6) is 5.75 Å². The van der Waals surface area contributed by atoms with Crippen molar-refractivity contribution in [3.8, 4) is 11.4 Å². The molecular weight excluding hydrogens is 414 g/mol. The lowest BCUT2D eigenvalue weighted by atomic mass is 10.1. The molecule has 29 heavy (non-hydrogen) atoms. The first-order chi connectivity index (χ1) is 14.2. The Bertz CT molecular complexity index is 965. The van der Waals surface area contributed by atoms with E-state index >= 15 is 0 Å². The minimum Gasteiger partial charge on any atom is -0.496 e. The smallest absolute Gasteiger partial charge is 0.257 e. The highest BCUT2D eigenvalue weighted by atomic mass is 35.5. The number of carbonyl (C=O) groups is 1. The lowest BCUT2D eigenvalue weighted by Gasteiger charge is -2.23. The maximum Gasteiger partial charge on any atom is 0.257 e. The second kappa shape index (κ2) is 8.85. The fraction of sp³-hybridized carbons (Fsp3) is 0.389. The summed E-state index contributed by atoms with van der Waals surface area (Å²) in [5.74, 6) is 0.344. The predicted molar refractivity (Wildman–Crippen MR) is 109 cm³/mol. The third-order valence-electron chi connectivity index (χ3n) is 4.84. The fourth-order valence-electron chi connectivity index (χ4n) is 3.37. The molecule has 1 amide bonds. The van der Waals surface area contributed by atoms with E-state index in [1.807, 2.05) is 10.4 Å². The summed E-state index contributed by atoms with van der Waals surface area (Å²) in [7, 11) is 1.53. The molecule has 0 radical (unpaired) electrons. The van der Waals surface area contributed by atoms with E-state index in [1.165, 1.54) is 18.1 Å². The van der Waals surface area contributed by atoms with Gasteiger partial charge in [0.2, 0.25) is 0 Å². The first-order valence-corrected chi connectivity index (χ1v) is 10.5. The molecule has 0 saturated carbocycles. The quantitative estimate of drug-likeness (QED) is 0.608. The molecule has 0 N–H and O–H groups in total. The Morgan fingerprint density at radius 1 is 1.28 bits per heavy atom. The van der Waals surface area contributed by atoms with Gasteiger partial charge in [0, 0.05) is 44.2 Å². The topological polar surface area (TPSA) is 89.3 Å². The predicted octanol–water partition coefficient (Wildman–Crippen LogP) is 2.13. The van der Waals surface area contributed by atoms with Gasteiger partial charge in [-0.1, -0.05) is 11.6 Å². The van der Waals surface area contributed by atoms with Crippen LogP contribution < -0.4 is 4.74 Å². The standard InChI is InChI=1S/C18H20ClN7O2S/c1-28-17-8-16(26-11-21-22-23-26)15(19)7-14(17)18(27)25-4-2-3-24(5-6-25)9-13-10-29-12-20-13/h7-8,10-12H,2-6,9H2,1H3. The van der Waals surface area contributed by atoms with Gasteiger partial charge in [0.15, 0.2) is 0 Å². The number of methoxy groups -OCH3 is 1. The zero-order valence-corrected chi connectivity index (χ0v) is 17.4. The van der Waals surface area contributed by atoms with Crippen molar-refractivity contribution in [2.24, 2.45) is 0 Å². The fourth-order valence-corrected chi connectivity index (χ4v) is 4.17. The van der Waals surface area contributed by atoms with E-state index in [0.717, 1.165) is 31.7 Å². The molecule has 152 valence electrons. The Kier molecular flexibility index (Phi) is 6.02. The number of halogens is 1. The van der Waals surface area contributed by atoms with Crippen molar-refractivity contribution >= 4 is 28.8 Å². The number of carbonyl (C=O) groups excluding carboxylic acids is 1. The number of hydrogen-bond acceptors (Lipinski definition) is 8. The average molecular weight is 434 g/mol. The summed E-state index contributed by atoms with van der Waals surface area (Å²) in [6.45, 7) is 3.85. The molecule has 0 aliphatic carbocycles. The maximum atomic E-state index is 13.2. The molecule has 9 nitrogen and oxygen atoms in total. The molecular formula is C18H20ClN7O2S. The number of aromatic nitrogens is 5. The molecule has 1 aliphatic rings. The average Bonchev–Trinajstić information content (AvgIpc) is 3.39. The van der Waals surface area contributed by atoms with Crippen LogP contribution in [0.2, 0.25) is 5.02 Å². The van der Waals surface area contributed by atoms with Gasteiger partial charge in [0.1, 0.15) is 12.1 Å². The Labute approximate surface area is 176 Å². The van der Waals surface area contributed by atoms with E-state index in [2.05, 4.69) is 30.8 Å². The lowest BCUT2D eigenvalue weighted by Crippen LogP contribution is -2.35. The monoisotopic (exact) mass is 433 g/mol. The maximum absolute atomic E-state index is 13.2. The molecule has 0 spiro atoms. The molecule has 0 atom stereocenters. The van der Waals surface area contributed by atoms with Crippen LogP contribution in [-0.2, 0) is 6.54 Å². The second-order valence-electron chi connectivity index (χ2n) is 6.66. The lowest BCUT2D eigenvalue weighted by molar-refractivity contribution is 0.0757. The number of thiazole rings is 1. The second-order valence-corrected chi connectivity index (χ2v) is 7.79. The number of amides is 1. The van der Waals surface area contributed by atoms with Crippen LogP contribution in [-0.4, -0.2) is 74.2 Å². The summed E-state index contributed by atoms with van der Waals surface area (Å²) < 4.78 is 6.90. The van der Waals surface area contributed by atoms with Gasteiger partial charge in [-0.05, 0) is 22.9 Å². The van der Waals surface area contributed by atoms with Crippen molar-refractivity contribution in [2.75, 3.05) is 33.3 Å². The van der Waals surface area contributed by atoms with Gasteiger partial charge < -0.3 is 9.64 Å². The minimum absolute atomic E-state index is 0.0949. The molecule has 3 aromatic rings. The van der Waals surface area contributed by atoms with E-state index in [-0.39, 0.29) is 5.91 Å². The third-order valence-corrected chi connectivity index (χ3v) is 5.78. The Hall–Kier alpha value is -2.56. The van der Waals surface area contributed by atoms with Crippen LogP contribution in [0.1, 0.15) is 22.5 Å². The van der Waals surface area contributed by atoms with Crippen molar-refractivity contribution in [1.29, 1.82) is 0 Å². The molecule has 2 aromatic heterocycles. The number of rotatable bonds is 5. The molecule has 11 heteroatoms. The molecule has 0 unspecified atom stereocenters. The molecule has 1 fully saturated rings. The molecule has 1 saturated heterocycles. The van der Waals surface area contributed by atoms with Crippen molar-refractivity contribution in [3.05, 3.63) is 45.6 Å². The van der Waals surface area contributed by atoms with Gasteiger partial charge >= 0.3 is 0 Å². The van der Waals surface area contributed by atoms with Crippen LogP contribution in [0.25, 0.3) is 5.69 Å². The highest BCUT2D eigenvalue weighted by Crippen LogP contribution is 2.30. The third kappa shape index (κ3) is 4.39. The number of nitrogens with zero attached hydrogens (tertiary/aromatic N) is 7. The summed E-state index contributed by atoms with van der Waals surface area (Å²) >= 11 is 8.01. The molecule has 3 heterocycles. The van der Waals surface area contributed by atoms with E-state index in [4.69, 9.17) is 16.3 Å². The number of tetrazole rings is 1.